The number of benzene rings is 1. The Morgan fingerprint density at radius 2 is 2.03 bits per heavy atom. The number of nitrogens with zero attached hydrogens (tertiary/aromatic N) is 3. The Kier molecular flexibility index (Phi) is 7.67. The second-order valence-electron chi connectivity index (χ2n) is 7.60. The summed E-state index contributed by atoms with van der Waals surface area (Å²) in [5.74, 6) is 0.789. The van der Waals surface area contributed by atoms with Gasteiger partial charge in [0.2, 0.25) is 5.91 Å². The van der Waals surface area contributed by atoms with Crippen molar-refractivity contribution in [2.75, 3.05) is 19.4 Å². The van der Waals surface area contributed by atoms with E-state index >= 15 is 0 Å². The molecule has 1 saturated heterocycles. The van der Waals surface area contributed by atoms with E-state index in [0.29, 0.717) is 17.9 Å². The molecule has 0 radical (unpaired) electrons. The van der Waals surface area contributed by atoms with E-state index in [1.165, 1.54) is 7.11 Å². The number of alkyl halides is 3. The van der Waals surface area contributed by atoms with Crippen LogP contribution in [0.25, 0.3) is 11.3 Å². The highest BCUT2D eigenvalue weighted by Crippen LogP contribution is 2.38. The van der Waals surface area contributed by atoms with Crippen molar-refractivity contribution < 1.29 is 22.7 Å². The molecule has 0 spiro atoms. The van der Waals surface area contributed by atoms with Gasteiger partial charge in [0.1, 0.15) is 16.8 Å². The third-order valence-corrected chi connectivity index (χ3v) is 6.44. The summed E-state index contributed by atoms with van der Waals surface area (Å²) in [4.78, 5) is 18.7. The molecule has 1 aliphatic heterocycles. The zero-order chi connectivity index (χ0) is 23.3. The number of likely N-dealkylation sites (tertiary alicyclic amines) is 1. The summed E-state index contributed by atoms with van der Waals surface area (Å²) >= 11 is 1.01. The van der Waals surface area contributed by atoms with Gasteiger partial charge in [0.05, 0.1) is 23.9 Å². The van der Waals surface area contributed by atoms with Crippen LogP contribution in [0.3, 0.4) is 0 Å². The molecule has 1 atom stereocenters. The van der Waals surface area contributed by atoms with Gasteiger partial charge in [-0.05, 0) is 56.5 Å². The molecule has 2 aromatic rings. The lowest BCUT2D eigenvalue weighted by atomic mass is 10.0. The van der Waals surface area contributed by atoms with Crippen LogP contribution in [0.2, 0.25) is 0 Å². The van der Waals surface area contributed by atoms with Crippen molar-refractivity contribution in [2.45, 2.75) is 49.9 Å². The number of ether oxygens (including phenoxy) is 1. The van der Waals surface area contributed by atoms with E-state index in [-0.39, 0.29) is 34.8 Å². The van der Waals surface area contributed by atoms with Gasteiger partial charge in [-0.3, -0.25) is 4.79 Å². The van der Waals surface area contributed by atoms with Gasteiger partial charge in [-0.25, -0.2) is 4.98 Å². The van der Waals surface area contributed by atoms with Crippen LogP contribution in [-0.4, -0.2) is 41.2 Å². The number of piperidine rings is 1. The zero-order valence-corrected chi connectivity index (χ0v) is 18.7. The Hall–Kier alpha value is -2.73. The molecule has 1 amide bonds. The fourth-order valence-electron chi connectivity index (χ4n) is 3.71. The number of aromatic nitrogens is 1. The molecular formula is C23H24F3N3O2S. The van der Waals surface area contributed by atoms with Crippen molar-refractivity contribution in [2.24, 2.45) is 0 Å². The monoisotopic (exact) mass is 463 g/mol. The van der Waals surface area contributed by atoms with Gasteiger partial charge in [-0.15, -0.1) is 11.8 Å². The maximum atomic E-state index is 13.7. The summed E-state index contributed by atoms with van der Waals surface area (Å²) in [6.45, 7) is 2.71. The highest BCUT2D eigenvalue weighted by atomic mass is 32.2. The molecule has 1 unspecified atom stereocenters. The predicted molar refractivity (Wildman–Crippen MR) is 116 cm³/mol. The predicted octanol–water partition coefficient (Wildman–Crippen LogP) is 5.53. The van der Waals surface area contributed by atoms with E-state index in [9.17, 15) is 23.2 Å². The third kappa shape index (κ3) is 5.54. The van der Waals surface area contributed by atoms with Crippen LogP contribution in [0.1, 0.15) is 43.7 Å². The number of nitriles is 1. The first-order valence-electron chi connectivity index (χ1n) is 10.3. The second kappa shape index (κ2) is 10.3. The molecule has 1 aromatic heterocycles. The molecule has 3 rings (SSSR count). The van der Waals surface area contributed by atoms with E-state index < -0.39 is 17.3 Å². The summed E-state index contributed by atoms with van der Waals surface area (Å²) in [5.41, 5.74) is -0.962. The van der Waals surface area contributed by atoms with Gasteiger partial charge in [0, 0.05) is 30.3 Å². The number of amides is 1. The number of hydrogen-bond donors (Lipinski definition) is 0. The Balaban J connectivity index is 1.86. The summed E-state index contributed by atoms with van der Waals surface area (Å²) < 4.78 is 46.2. The largest absolute Gasteiger partial charge is 0.497 e. The first kappa shape index (κ1) is 23.9. The molecule has 9 heteroatoms. The first-order chi connectivity index (χ1) is 15.2. The SMILES string of the molecule is COc1ccc(-c2cc(C(F)(F)F)c(C#N)c(SCCC(=O)N3CCCCC3C)n2)cc1. The van der Waals surface area contributed by atoms with Crippen LogP contribution in [-0.2, 0) is 11.0 Å². The number of methoxy groups -OCH3 is 1. The molecule has 0 aliphatic carbocycles. The standard InChI is InChI=1S/C23H24F3N3O2S/c1-15-5-3-4-11-29(15)21(30)10-12-32-22-18(14-27)19(23(24,25)26)13-20(28-22)16-6-8-17(31-2)9-7-16/h6-9,13,15H,3-5,10-12H2,1-2H3. The minimum Gasteiger partial charge on any atom is -0.497 e. The average molecular weight is 464 g/mol. The first-order valence-corrected chi connectivity index (χ1v) is 11.3. The van der Waals surface area contributed by atoms with Crippen molar-refractivity contribution in [1.82, 2.24) is 9.88 Å². The maximum absolute atomic E-state index is 13.7. The molecular weight excluding hydrogens is 439 g/mol. The van der Waals surface area contributed by atoms with E-state index in [1.807, 2.05) is 11.8 Å². The summed E-state index contributed by atoms with van der Waals surface area (Å²) in [5, 5.41) is 9.42. The lowest BCUT2D eigenvalue weighted by molar-refractivity contribution is -0.138. The van der Waals surface area contributed by atoms with Crippen LogP contribution in [0, 0.1) is 11.3 Å². The van der Waals surface area contributed by atoms with Gasteiger partial charge >= 0.3 is 6.18 Å². The fraction of sp³-hybridized carbons (Fsp3) is 0.435. The Labute approximate surface area is 189 Å². The van der Waals surface area contributed by atoms with E-state index in [2.05, 4.69) is 4.98 Å². The van der Waals surface area contributed by atoms with Crippen molar-refractivity contribution in [3.63, 3.8) is 0 Å². The summed E-state index contributed by atoms with van der Waals surface area (Å²) in [6.07, 6.45) is -1.52. The lowest BCUT2D eigenvalue weighted by Crippen LogP contribution is -2.42. The molecule has 5 nitrogen and oxygen atoms in total. The number of carbonyl (C=O) groups is 1. The van der Waals surface area contributed by atoms with Gasteiger partial charge in [-0.1, -0.05) is 0 Å². The number of pyridine rings is 1. The minimum absolute atomic E-state index is 0.0207. The van der Waals surface area contributed by atoms with Gasteiger partial charge in [-0.2, -0.15) is 18.4 Å². The van der Waals surface area contributed by atoms with Crippen LogP contribution in [0.15, 0.2) is 35.4 Å². The van der Waals surface area contributed by atoms with Gasteiger partial charge in [0.15, 0.2) is 0 Å². The highest BCUT2D eigenvalue weighted by Gasteiger charge is 2.36. The van der Waals surface area contributed by atoms with Crippen LogP contribution in [0.4, 0.5) is 13.2 Å². The van der Waals surface area contributed by atoms with Crippen molar-refractivity contribution in [3.8, 4) is 23.1 Å². The Morgan fingerprint density at radius 3 is 2.62 bits per heavy atom. The third-order valence-electron chi connectivity index (χ3n) is 5.47. The molecule has 0 saturated carbocycles. The fourth-order valence-corrected chi connectivity index (χ4v) is 4.65. The maximum Gasteiger partial charge on any atom is 0.417 e. The van der Waals surface area contributed by atoms with E-state index in [4.69, 9.17) is 4.74 Å². The smallest absolute Gasteiger partial charge is 0.417 e. The number of halogens is 3. The molecule has 0 bridgehead atoms. The molecule has 1 aliphatic rings. The van der Waals surface area contributed by atoms with Crippen LogP contribution >= 0.6 is 11.8 Å². The summed E-state index contributed by atoms with van der Waals surface area (Å²) in [6, 6.07) is 9.22. The Morgan fingerprint density at radius 1 is 1.31 bits per heavy atom. The molecule has 170 valence electrons. The van der Waals surface area contributed by atoms with Crippen molar-refractivity contribution >= 4 is 17.7 Å². The van der Waals surface area contributed by atoms with Crippen LogP contribution in [0.5, 0.6) is 5.75 Å². The lowest BCUT2D eigenvalue weighted by Gasteiger charge is -2.33. The van der Waals surface area contributed by atoms with Gasteiger partial charge in [0.25, 0.3) is 0 Å². The van der Waals surface area contributed by atoms with E-state index in [0.717, 1.165) is 37.1 Å². The minimum atomic E-state index is -4.70. The number of carbonyl (C=O) groups excluding carboxylic acids is 1. The zero-order valence-electron chi connectivity index (χ0n) is 17.9. The Bertz CT molecular complexity index is 1000. The van der Waals surface area contributed by atoms with Crippen LogP contribution < -0.4 is 4.74 Å². The number of thioether (sulfide) groups is 1. The topological polar surface area (TPSA) is 66.2 Å². The quantitative estimate of drug-likeness (QED) is 0.527. The molecule has 1 fully saturated rings. The van der Waals surface area contributed by atoms with Crippen molar-refractivity contribution in [3.05, 3.63) is 41.5 Å². The molecule has 0 N–H and O–H groups in total. The molecule has 1 aromatic carbocycles. The highest BCUT2D eigenvalue weighted by molar-refractivity contribution is 7.99. The average Bonchev–Trinajstić information content (AvgIpc) is 2.78. The van der Waals surface area contributed by atoms with Gasteiger partial charge < -0.3 is 9.64 Å². The number of hydrogen-bond acceptors (Lipinski definition) is 5. The normalized spacial score (nSPS) is 16.5. The molecule has 2 heterocycles. The summed E-state index contributed by atoms with van der Waals surface area (Å²) in [7, 11) is 1.50. The second-order valence-corrected chi connectivity index (χ2v) is 8.69. The van der Waals surface area contributed by atoms with E-state index in [1.54, 1.807) is 30.3 Å². The van der Waals surface area contributed by atoms with Crippen molar-refractivity contribution in [1.29, 1.82) is 5.26 Å². The molecule has 32 heavy (non-hydrogen) atoms. The number of rotatable bonds is 6.